The van der Waals surface area contributed by atoms with Crippen LogP contribution in [-0.2, 0) is 4.79 Å². The molecule has 15 heavy (non-hydrogen) atoms. The van der Waals surface area contributed by atoms with E-state index >= 15 is 0 Å². The second kappa shape index (κ2) is 7.71. The molecular formula is C11H23ClN2O. The fraction of sp³-hybridized carbons (Fsp3) is 0.727. The third-order valence-electron chi connectivity index (χ3n) is 3.08. The minimum Gasteiger partial charge on any atom is -1.00 e. The van der Waals surface area contributed by atoms with Gasteiger partial charge in [-0.05, 0) is 19.9 Å². The van der Waals surface area contributed by atoms with Crippen LogP contribution in [0.2, 0.25) is 0 Å². The molecule has 3 nitrogen and oxygen atoms in total. The molecule has 0 aromatic heterocycles. The Bertz CT molecular complexity index is 203. The maximum absolute atomic E-state index is 11.2. The van der Waals surface area contributed by atoms with Crippen LogP contribution in [0.3, 0.4) is 0 Å². The topological polar surface area (TPSA) is 29.1 Å². The third-order valence-corrected chi connectivity index (χ3v) is 3.08. The molecule has 0 fully saturated rings. The van der Waals surface area contributed by atoms with Gasteiger partial charge in [0.25, 0.3) is 0 Å². The number of hydrogen-bond acceptors (Lipinski definition) is 1. The Balaban J connectivity index is 0. The van der Waals surface area contributed by atoms with Gasteiger partial charge in [-0.2, -0.15) is 0 Å². The molecule has 0 aromatic carbocycles. The number of halogens is 1. The van der Waals surface area contributed by atoms with Crippen LogP contribution in [0.25, 0.3) is 0 Å². The van der Waals surface area contributed by atoms with Gasteiger partial charge in [-0.3, -0.25) is 4.79 Å². The Hall–Kier alpha value is -0.540. The maximum atomic E-state index is 11.2. The summed E-state index contributed by atoms with van der Waals surface area (Å²) < 4.78 is 0.871. The van der Waals surface area contributed by atoms with Crippen molar-refractivity contribution >= 4 is 5.91 Å². The van der Waals surface area contributed by atoms with Crippen LogP contribution in [0.15, 0.2) is 12.7 Å². The van der Waals surface area contributed by atoms with Crippen molar-refractivity contribution in [3.05, 3.63) is 12.7 Å². The highest BCUT2D eigenvalue weighted by molar-refractivity contribution is 5.86. The average Bonchev–Trinajstić information content (AvgIpc) is 2.24. The van der Waals surface area contributed by atoms with Gasteiger partial charge in [0, 0.05) is 6.42 Å². The minimum absolute atomic E-state index is 0. The number of nitrogens with one attached hydrogen (secondary N) is 1. The lowest BCUT2D eigenvalue weighted by atomic mass is 10.2. The standard InChI is InChI=1S/C11H22N2O.ClH/c1-6-10(12-11(14)7-2)13(5,8-3)9-4;/h7,10H,2,6,8-9H2,1,3-5H3;1H. The van der Waals surface area contributed by atoms with Gasteiger partial charge in [0.05, 0.1) is 20.1 Å². The molecule has 1 amide bonds. The first-order valence-electron chi connectivity index (χ1n) is 5.31. The molecule has 1 atom stereocenters. The Labute approximate surface area is 99.5 Å². The highest BCUT2D eigenvalue weighted by atomic mass is 35.5. The van der Waals surface area contributed by atoms with Gasteiger partial charge in [0.15, 0.2) is 6.17 Å². The van der Waals surface area contributed by atoms with Crippen LogP contribution >= 0.6 is 0 Å². The molecule has 0 saturated heterocycles. The van der Waals surface area contributed by atoms with E-state index in [4.69, 9.17) is 0 Å². The van der Waals surface area contributed by atoms with Crippen LogP contribution in [0.5, 0.6) is 0 Å². The molecule has 0 bridgehead atoms. The number of hydrogen-bond donors (Lipinski definition) is 1. The van der Waals surface area contributed by atoms with Gasteiger partial charge in [0.1, 0.15) is 0 Å². The van der Waals surface area contributed by atoms with Crippen LogP contribution in [0.4, 0.5) is 0 Å². The molecular weight excluding hydrogens is 212 g/mol. The van der Waals surface area contributed by atoms with E-state index in [9.17, 15) is 4.79 Å². The van der Waals surface area contributed by atoms with E-state index in [2.05, 4.69) is 39.7 Å². The molecule has 0 rings (SSSR count). The second-order valence-electron chi connectivity index (χ2n) is 3.75. The summed E-state index contributed by atoms with van der Waals surface area (Å²) >= 11 is 0. The van der Waals surface area contributed by atoms with E-state index in [1.54, 1.807) is 0 Å². The monoisotopic (exact) mass is 234 g/mol. The van der Waals surface area contributed by atoms with Crippen molar-refractivity contribution < 1.29 is 21.7 Å². The van der Waals surface area contributed by atoms with Crippen molar-refractivity contribution in [1.29, 1.82) is 0 Å². The summed E-state index contributed by atoms with van der Waals surface area (Å²) in [6.07, 6.45) is 2.46. The normalized spacial score (nSPS) is 12.5. The number of carbonyl (C=O) groups is 1. The van der Waals surface area contributed by atoms with E-state index in [1.807, 2.05) is 0 Å². The van der Waals surface area contributed by atoms with Crippen LogP contribution in [0, 0.1) is 0 Å². The van der Waals surface area contributed by atoms with Gasteiger partial charge >= 0.3 is 0 Å². The number of carbonyl (C=O) groups excluding carboxylic acids is 1. The Morgan fingerprint density at radius 3 is 2.13 bits per heavy atom. The summed E-state index contributed by atoms with van der Waals surface area (Å²) in [7, 11) is 2.16. The molecule has 1 unspecified atom stereocenters. The first kappa shape index (κ1) is 16.9. The van der Waals surface area contributed by atoms with Gasteiger partial charge < -0.3 is 22.2 Å². The predicted molar refractivity (Wildman–Crippen MR) is 59.7 cm³/mol. The molecule has 0 radical (unpaired) electrons. The first-order valence-corrected chi connectivity index (χ1v) is 5.31. The molecule has 0 aliphatic heterocycles. The van der Waals surface area contributed by atoms with Crippen molar-refractivity contribution in [3.8, 4) is 0 Å². The zero-order valence-corrected chi connectivity index (χ0v) is 11.0. The fourth-order valence-corrected chi connectivity index (χ4v) is 1.59. The molecule has 0 heterocycles. The molecule has 1 N–H and O–H groups in total. The maximum Gasteiger partial charge on any atom is 0.247 e. The summed E-state index contributed by atoms with van der Waals surface area (Å²) in [5.74, 6) is -0.0805. The van der Waals surface area contributed by atoms with Crippen molar-refractivity contribution in [1.82, 2.24) is 5.32 Å². The minimum atomic E-state index is -0.0805. The SMILES string of the molecule is C=CC(=O)NC(CC)[N+](C)(CC)CC.[Cl-]. The third kappa shape index (κ3) is 4.67. The number of quaternary nitrogens is 1. The molecule has 90 valence electrons. The van der Waals surface area contributed by atoms with E-state index in [0.29, 0.717) is 0 Å². The number of rotatable bonds is 6. The van der Waals surface area contributed by atoms with Gasteiger partial charge in [0.2, 0.25) is 5.91 Å². The fourth-order valence-electron chi connectivity index (χ4n) is 1.59. The first-order chi connectivity index (χ1) is 6.53. The second-order valence-corrected chi connectivity index (χ2v) is 3.75. The van der Waals surface area contributed by atoms with E-state index in [0.717, 1.165) is 24.0 Å². The number of amides is 1. The Morgan fingerprint density at radius 2 is 1.87 bits per heavy atom. The average molecular weight is 235 g/mol. The van der Waals surface area contributed by atoms with Crippen LogP contribution in [0.1, 0.15) is 27.2 Å². The molecule has 0 saturated carbocycles. The summed E-state index contributed by atoms with van der Waals surface area (Å²) in [4.78, 5) is 11.2. The van der Waals surface area contributed by atoms with E-state index in [1.165, 1.54) is 6.08 Å². The van der Waals surface area contributed by atoms with Crippen molar-refractivity contribution in [2.75, 3.05) is 20.1 Å². The summed E-state index contributed by atoms with van der Waals surface area (Å²) in [5.41, 5.74) is 0. The molecule has 0 aromatic rings. The molecule has 0 aliphatic carbocycles. The van der Waals surface area contributed by atoms with Crippen LogP contribution in [-0.4, -0.2) is 36.7 Å². The highest BCUT2D eigenvalue weighted by Gasteiger charge is 2.28. The summed E-state index contributed by atoms with van der Waals surface area (Å²) in [5, 5.41) is 2.97. The number of nitrogens with zero attached hydrogens (tertiary/aromatic N) is 1. The lowest BCUT2D eigenvalue weighted by Crippen LogP contribution is -3.00. The van der Waals surface area contributed by atoms with Crippen LogP contribution < -0.4 is 17.7 Å². The Kier molecular flexibility index (Phi) is 8.68. The molecule has 0 aliphatic rings. The zero-order chi connectivity index (χ0) is 11.2. The van der Waals surface area contributed by atoms with Crippen molar-refractivity contribution in [2.24, 2.45) is 0 Å². The highest BCUT2D eigenvalue weighted by Crippen LogP contribution is 2.10. The summed E-state index contributed by atoms with van der Waals surface area (Å²) in [6.45, 7) is 11.9. The molecule has 0 spiro atoms. The van der Waals surface area contributed by atoms with Gasteiger partial charge in [-0.1, -0.05) is 13.5 Å². The zero-order valence-electron chi connectivity index (χ0n) is 10.2. The lowest BCUT2D eigenvalue weighted by Gasteiger charge is -2.39. The smallest absolute Gasteiger partial charge is 0.247 e. The van der Waals surface area contributed by atoms with Gasteiger partial charge in [-0.25, -0.2) is 0 Å². The Morgan fingerprint density at radius 1 is 1.40 bits per heavy atom. The van der Waals surface area contributed by atoms with Crippen molar-refractivity contribution in [2.45, 2.75) is 33.4 Å². The lowest BCUT2D eigenvalue weighted by molar-refractivity contribution is -0.932. The molecule has 4 heteroatoms. The predicted octanol–water partition coefficient (Wildman–Crippen LogP) is -1.48. The van der Waals surface area contributed by atoms with Crippen molar-refractivity contribution in [3.63, 3.8) is 0 Å². The van der Waals surface area contributed by atoms with Gasteiger partial charge in [-0.15, -0.1) is 0 Å². The summed E-state index contributed by atoms with van der Waals surface area (Å²) in [6, 6.07) is 0. The van der Waals surface area contributed by atoms with E-state index in [-0.39, 0.29) is 24.5 Å². The quantitative estimate of drug-likeness (QED) is 0.339. The largest absolute Gasteiger partial charge is 1.00 e. The van der Waals surface area contributed by atoms with E-state index < -0.39 is 0 Å².